The van der Waals surface area contributed by atoms with Gasteiger partial charge >= 0.3 is 5.97 Å². The molecule has 1 aliphatic heterocycles. The van der Waals surface area contributed by atoms with Crippen LogP contribution in [-0.2, 0) is 26.3 Å². The van der Waals surface area contributed by atoms with Gasteiger partial charge in [-0.1, -0.05) is 36.9 Å². The summed E-state index contributed by atoms with van der Waals surface area (Å²) in [4.78, 5) is 12.3. The van der Waals surface area contributed by atoms with E-state index >= 15 is 0 Å². The average molecular weight is 452 g/mol. The average Bonchev–Trinajstić information content (AvgIpc) is 3.35. The number of nitriles is 1. The minimum atomic E-state index is -1.49. The van der Waals surface area contributed by atoms with Crippen LogP contribution < -0.4 is 11.5 Å². The van der Waals surface area contributed by atoms with Gasteiger partial charge in [-0.3, -0.25) is 4.79 Å². The first-order chi connectivity index (χ1) is 15.8. The topological polar surface area (TPSA) is 149 Å². The molecule has 4 atom stereocenters. The number of benzene rings is 1. The lowest BCUT2D eigenvalue weighted by molar-refractivity contribution is -0.151. The minimum Gasteiger partial charge on any atom is -0.463 e. The van der Waals surface area contributed by atoms with Gasteiger partial charge in [0.25, 0.3) is 0 Å². The van der Waals surface area contributed by atoms with E-state index in [1.807, 2.05) is 30.3 Å². The van der Waals surface area contributed by atoms with Gasteiger partial charge in [0.05, 0.1) is 29.6 Å². The Hall–Kier alpha value is -3.45. The maximum atomic E-state index is 12.3. The summed E-state index contributed by atoms with van der Waals surface area (Å²) in [6.45, 7) is 5.25. The van der Waals surface area contributed by atoms with Crippen molar-refractivity contribution in [3.05, 3.63) is 66.0 Å². The Bertz CT molecular complexity index is 1060. The fourth-order valence-corrected chi connectivity index (χ4v) is 3.90. The molecule has 33 heavy (non-hydrogen) atoms. The number of nitrogens with two attached hydrogens (primary N) is 2. The van der Waals surface area contributed by atoms with Gasteiger partial charge in [0.15, 0.2) is 5.60 Å². The van der Waals surface area contributed by atoms with Crippen LogP contribution in [-0.4, -0.2) is 46.8 Å². The van der Waals surface area contributed by atoms with Crippen LogP contribution in [0.2, 0.25) is 0 Å². The molecule has 1 saturated heterocycles. The molecule has 1 aliphatic rings. The quantitative estimate of drug-likeness (QED) is 0.387. The van der Waals surface area contributed by atoms with Crippen LogP contribution in [0.5, 0.6) is 0 Å². The molecule has 3 unspecified atom stereocenters. The molecule has 1 aromatic heterocycles. The van der Waals surface area contributed by atoms with E-state index in [2.05, 4.69) is 17.7 Å². The number of hydrogen-bond donors (Lipinski definition) is 3. The number of nitrogens with zero attached hydrogens (tertiary/aromatic N) is 3. The Morgan fingerprint density at radius 3 is 2.82 bits per heavy atom. The molecule has 0 bridgehead atoms. The molecule has 9 nitrogen and oxygen atoms in total. The Morgan fingerprint density at radius 2 is 2.18 bits per heavy atom. The maximum Gasteiger partial charge on any atom is 0.307 e. The Morgan fingerprint density at radius 1 is 1.45 bits per heavy atom. The third-order valence-electron chi connectivity index (χ3n) is 5.47. The van der Waals surface area contributed by atoms with E-state index in [-0.39, 0.29) is 25.1 Å². The minimum absolute atomic E-state index is 0.0149. The van der Waals surface area contributed by atoms with Crippen molar-refractivity contribution >= 4 is 17.9 Å². The lowest BCUT2D eigenvalue weighted by atomic mass is 9.96. The van der Waals surface area contributed by atoms with Crippen LogP contribution in [0.25, 0.3) is 5.70 Å². The number of carbonyl (C=O) groups is 1. The highest BCUT2D eigenvalue weighted by atomic mass is 16.6. The van der Waals surface area contributed by atoms with Crippen molar-refractivity contribution in [1.29, 1.82) is 5.26 Å². The van der Waals surface area contributed by atoms with E-state index in [1.165, 1.54) is 4.68 Å². The van der Waals surface area contributed by atoms with E-state index in [0.717, 1.165) is 5.56 Å². The fraction of sp³-hybridized carbons (Fsp3) is 0.375. The summed E-state index contributed by atoms with van der Waals surface area (Å²) < 4.78 is 12.7. The maximum absolute atomic E-state index is 12.3. The number of aliphatic hydroxyl groups excluding tert-OH is 1. The first-order valence-electron chi connectivity index (χ1n) is 10.7. The summed E-state index contributed by atoms with van der Waals surface area (Å²) in [5.74, 6) is -0.496. The second-order valence-corrected chi connectivity index (χ2v) is 8.02. The zero-order chi connectivity index (χ0) is 24.0. The van der Waals surface area contributed by atoms with E-state index in [4.69, 9.17) is 20.9 Å². The number of esters is 1. The van der Waals surface area contributed by atoms with Crippen molar-refractivity contribution in [3.8, 4) is 6.07 Å². The van der Waals surface area contributed by atoms with Gasteiger partial charge < -0.3 is 26.0 Å². The molecular formula is C24H29N5O4. The molecule has 0 saturated carbocycles. The van der Waals surface area contributed by atoms with E-state index < -0.39 is 29.8 Å². The third kappa shape index (κ3) is 5.49. The van der Waals surface area contributed by atoms with Crippen molar-refractivity contribution in [3.63, 3.8) is 0 Å². The van der Waals surface area contributed by atoms with Crippen LogP contribution in [0.1, 0.15) is 36.7 Å². The summed E-state index contributed by atoms with van der Waals surface area (Å²) in [5, 5.41) is 24.8. The summed E-state index contributed by atoms with van der Waals surface area (Å²) in [6.07, 6.45) is 0.201. The highest BCUT2D eigenvalue weighted by molar-refractivity contribution is 5.70. The fourth-order valence-electron chi connectivity index (χ4n) is 3.90. The number of aromatic nitrogens is 1. The Labute approximate surface area is 192 Å². The van der Waals surface area contributed by atoms with Crippen LogP contribution in [0, 0.1) is 11.3 Å². The number of aliphatic hydroxyl groups is 1. The van der Waals surface area contributed by atoms with E-state index in [9.17, 15) is 15.2 Å². The van der Waals surface area contributed by atoms with Crippen LogP contribution >= 0.6 is 0 Å². The summed E-state index contributed by atoms with van der Waals surface area (Å²) in [5.41, 5.74) is 12.6. The third-order valence-corrected chi connectivity index (χ3v) is 5.47. The SMILES string of the molecule is C=C(N)c1ccc(C2(C#N)C[C@H](O)C(COC(=O)CC(N)Cc3ccccc3)O2)n1/N=C\C. The molecule has 9 heteroatoms. The van der Waals surface area contributed by atoms with Gasteiger partial charge in [0.1, 0.15) is 18.8 Å². The van der Waals surface area contributed by atoms with Crippen molar-refractivity contribution in [2.45, 2.75) is 50.0 Å². The molecule has 1 aromatic carbocycles. The molecule has 174 valence electrons. The van der Waals surface area contributed by atoms with Gasteiger partial charge in [-0.15, -0.1) is 0 Å². The molecule has 0 spiro atoms. The molecular weight excluding hydrogens is 422 g/mol. The summed E-state index contributed by atoms with van der Waals surface area (Å²) in [6, 6.07) is 14.7. The molecule has 1 fully saturated rings. The highest BCUT2D eigenvalue weighted by Gasteiger charge is 2.50. The first-order valence-corrected chi connectivity index (χ1v) is 10.7. The van der Waals surface area contributed by atoms with Gasteiger partial charge in [0.2, 0.25) is 0 Å². The van der Waals surface area contributed by atoms with Gasteiger partial charge in [-0.05, 0) is 31.0 Å². The van der Waals surface area contributed by atoms with Crippen molar-refractivity contribution in [1.82, 2.24) is 4.68 Å². The normalized spacial score (nSPS) is 23.3. The number of hydrogen-bond acceptors (Lipinski definition) is 8. The van der Waals surface area contributed by atoms with Crippen LogP contribution in [0.4, 0.5) is 0 Å². The monoisotopic (exact) mass is 451 g/mol. The summed E-state index contributed by atoms with van der Waals surface area (Å²) in [7, 11) is 0. The van der Waals surface area contributed by atoms with Gasteiger partial charge in [0, 0.05) is 18.7 Å². The first kappa shape index (κ1) is 24.2. The molecule has 2 aromatic rings. The second-order valence-electron chi connectivity index (χ2n) is 8.02. The Kier molecular flexibility index (Phi) is 7.66. The van der Waals surface area contributed by atoms with Crippen LogP contribution in [0.3, 0.4) is 0 Å². The van der Waals surface area contributed by atoms with E-state index in [1.54, 1.807) is 25.3 Å². The Balaban J connectivity index is 1.64. The molecule has 2 heterocycles. The predicted molar refractivity (Wildman–Crippen MR) is 124 cm³/mol. The zero-order valence-electron chi connectivity index (χ0n) is 18.6. The zero-order valence-corrected chi connectivity index (χ0v) is 18.6. The largest absolute Gasteiger partial charge is 0.463 e. The summed E-state index contributed by atoms with van der Waals surface area (Å²) >= 11 is 0. The predicted octanol–water partition coefficient (Wildman–Crippen LogP) is 1.64. The van der Waals surface area contributed by atoms with Gasteiger partial charge in [-0.2, -0.15) is 10.4 Å². The van der Waals surface area contributed by atoms with Crippen molar-refractivity contribution < 1.29 is 19.4 Å². The number of rotatable bonds is 9. The van der Waals surface area contributed by atoms with Gasteiger partial charge in [-0.25, -0.2) is 4.68 Å². The standard InChI is InChI=1S/C24H29N5O4/c1-3-28-29-19(16(2)26)9-10-22(29)24(15-25)13-20(30)21(33-24)14-32-23(31)12-18(27)11-17-7-5-4-6-8-17/h3-10,18,20-21,30H,2,11-14,26-27H2,1H3/b28-3-/t18?,20-,21?,24?/m0/s1. The number of ether oxygens (including phenoxy) is 2. The second kappa shape index (κ2) is 10.4. The molecule has 0 aliphatic carbocycles. The smallest absolute Gasteiger partial charge is 0.307 e. The molecule has 0 amide bonds. The van der Waals surface area contributed by atoms with Crippen molar-refractivity contribution in [2.75, 3.05) is 6.61 Å². The lowest BCUT2D eigenvalue weighted by Gasteiger charge is -2.23. The molecule has 0 radical (unpaired) electrons. The number of carbonyl (C=O) groups excluding carboxylic acids is 1. The lowest BCUT2D eigenvalue weighted by Crippen LogP contribution is -2.32. The van der Waals surface area contributed by atoms with Crippen molar-refractivity contribution in [2.24, 2.45) is 16.6 Å². The van der Waals surface area contributed by atoms with Crippen LogP contribution in [0.15, 0.2) is 54.1 Å². The van der Waals surface area contributed by atoms with E-state index in [0.29, 0.717) is 17.8 Å². The highest BCUT2D eigenvalue weighted by Crippen LogP contribution is 2.40. The molecule has 5 N–H and O–H groups in total. The molecule has 3 rings (SSSR count).